The van der Waals surface area contributed by atoms with Gasteiger partial charge in [0.1, 0.15) is 5.71 Å². The molecule has 1 unspecified atom stereocenters. The van der Waals surface area contributed by atoms with Gasteiger partial charge in [0.05, 0.1) is 0 Å². The second-order valence-corrected chi connectivity index (χ2v) is 6.70. The Morgan fingerprint density at radius 3 is 2.36 bits per heavy atom. The van der Waals surface area contributed by atoms with Gasteiger partial charge in [-0.2, -0.15) is 10.1 Å². The summed E-state index contributed by atoms with van der Waals surface area (Å²) in [5.41, 5.74) is -2.95. The standard InChI is InChI=1S/C15H17ClF2N2O2/c1-14(2,3)15(22)8-11(12(17)18)19-20(15)13(21)9-4-6-10(16)7-5-9/h4-7,12,22H,8H2,1-3H3. The van der Waals surface area contributed by atoms with E-state index in [1.54, 1.807) is 20.8 Å². The summed E-state index contributed by atoms with van der Waals surface area (Å²) in [6, 6.07) is 5.95. The highest BCUT2D eigenvalue weighted by molar-refractivity contribution is 6.30. The van der Waals surface area contributed by atoms with Crippen LogP contribution < -0.4 is 0 Å². The summed E-state index contributed by atoms with van der Waals surface area (Å²) < 4.78 is 25.9. The van der Waals surface area contributed by atoms with E-state index >= 15 is 0 Å². The number of hydrazone groups is 1. The molecule has 22 heavy (non-hydrogen) atoms. The molecule has 1 amide bonds. The summed E-state index contributed by atoms with van der Waals surface area (Å²) in [7, 11) is 0. The fourth-order valence-electron chi connectivity index (χ4n) is 2.21. The zero-order chi connectivity index (χ0) is 16.7. The zero-order valence-electron chi connectivity index (χ0n) is 12.5. The highest BCUT2D eigenvalue weighted by Crippen LogP contribution is 2.42. The summed E-state index contributed by atoms with van der Waals surface area (Å²) in [5.74, 6) is -0.648. The topological polar surface area (TPSA) is 52.9 Å². The van der Waals surface area contributed by atoms with Crippen molar-refractivity contribution in [3.8, 4) is 0 Å². The number of benzene rings is 1. The second kappa shape index (κ2) is 5.59. The highest BCUT2D eigenvalue weighted by Gasteiger charge is 2.53. The first-order valence-electron chi connectivity index (χ1n) is 6.74. The lowest BCUT2D eigenvalue weighted by molar-refractivity contribution is -0.143. The van der Waals surface area contributed by atoms with E-state index < -0.39 is 29.2 Å². The van der Waals surface area contributed by atoms with E-state index in [4.69, 9.17) is 11.6 Å². The molecule has 0 radical (unpaired) electrons. The summed E-state index contributed by atoms with van der Waals surface area (Å²) in [6.45, 7) is 5.00. The largest absolute Gasteiger partial charge is 0.368 e. The molecule has 0 bridgehead atoms. The summed E-state index contributed by atoms with van der Waals surface area (Å²) in [6.07, 6.45) is -3.20. The van der Waals surface area contributed by atoms with E-state index in [1.165, 1.54) is 24.3 Å². The third-order valence-corrected chi connectivity index (χ3v) is 4.00. The maximum atomic E-state index is 13.0. The monoisotopic (exact) mass is 330 g/mol. The molecule has 1 heterocycles. The fourth-order valence-corrected chi connectivity index (χ4v) is 2.33. The van der Waals surface area contributed by atoms with Crippen LogP contribution in [0.5, 0.6) is 0 Å². The number of nitrogens with zero attached hydrogens (tertiary/aromatic N) is 2. The number of rotatable bonds is 2. The first kappa shape index (κ1) is 16.8. The minimum atomic E-state index is -2.82. The first-order valence-corrected chi connectivity index (χ1v) is 7.12. The van der Waals surface area contributed by atoms with Crippen molar-refractivity contribution in [3.05, 3.63) is 34.9 Å². The lowest BCUT2D eigenvalue weighted by Gasteiger charge is -2.41. The van der Waals surface area contributed by atoms with Gasteiger partial charge in [0.15, 0.2) is 5.72 Å². The average Bonchev–Trinajstić information content (AvgIpc) is 2.78. The van der Waals surface area contributed by atoms with E-state index in [0.717, 1.165) is 5.01 Å². The van der Waals surface area contributed by atoms with Gasteiger partial charge in [0, 0.05) is 22.4 Å². The third-order valence-electron chi connectivity index (χ3n) is 3.74. The third kappa shape index (κ3) is 2.85. The molecule has 0 saturated heterocycles. The van der Waals surface area contributed by atoms with Crippen molar-refractivity contribution in [1.29, 1.82) is 0 Å². The van der Waals surface area contributed by atoms with Gasteiger partial charge in [-0.3, -0.25) is 4.79 Å². The Labute approximate surface area is 132 Å². The van der Waals surface area contributed by atoms with E-state index in [1.807, 2.05) is 0 Å². The minimum absolute atomic E-state index is 0.214. The van der Waals surface area contributed by atoms with Crippen molar-refractivity contribution < 1.29 is 18.7 Å². The Bertz CT molecular complexity index is 611. The molecule has 0 aliphatic carbocycles. The van der Waals surface area contributed by atoms with Gasteiger partial charge in [0.25, 0.3) is 12.3 Å². The van der Waals surface area contributed by atoms with Gasteiger partial charge >= 0.3 is 0 Å². The van der Waals surface area contributed by atoms with Crippen molar-refractivity contribution in [2.75, 3.05) is 0 Å². The first-order chi connectivity index (χ1) is 10.1. The van der Waals surface area contributed by atoms with Crippen LogP contribution in [0.4, 0.5) is 8.78 Å². The molecule has 0 fully saturated rings. The molecule has 0 spiro atoms. The van der Waals surface area contributed by atoms with Gasteiger partial charge in [-0.25, -0.2) is 8.78 Å². The second-order valence-electron chi connectivity index (χ2n) is 6.26. The number of carbonyl (C=O) groups excluding carboxylic acids is 1. The van der Waals surface area contributed by atoms with Crippen LogP contribution in [0.15, 0.2) is 29.4 Å². The molecule has 1 aromatic carbocycles. The fraction of sp³-hybridized carbons (Fsp3) is 0.467. The van der Waals surface area contributed by atoms with Crippen LogP contribution in [0.25, 0.3) is 0 Å². The molecular weight excluding hydrogens is 314 g/mol. The molecule has 7 heteroatoms. The van der Waals surface area contributed by atoms with Crippen LogP contribution in [0.2, 0.25) is 5.02 Å². The number of hydrogen-bond donors (Lipinski definition) is 1. The lowest BCUT2D eigenvalue weighted by atomic mass is 9.80. The molecule has 1 aliphatic rings. The van der Waals surface area contributed by atoms with Gasteiger partial charge in [-0.05, 0) is 24.3 Å². The van der Waals surface area contributed by atoms with Crippen molar-refractivity contribution in [1.82, 2.24) is 5.01 Å². The summed E-state index contributed by atoms with van der Waals surface area (Å²) in [5, 5.41) is 15.7. The summed E-state index contributed by atoms with van der Waals surface area (Å²) >= 11 is 5.77. The van der Waals surface area contributed by atoms with Crippen LogP contribution >= 0.6 is 11.6 Å². The molecule has 4 nitrogen and oxygen atoms in total. The molecule has 1 atom stereocenters. The Morgan fingerprint density at radius 2 is 1.91 bits per heavy atom. The maximum absolute atomic E-state index is 13.0. The Hall–Kier alpha value is -1.53. The molecule has 1 N–H and O–H groups in total. The van der Waals surface area contributed by atoms with Gasteiger partial charge < -0.3 is 5.11 Å². The number of carbonyl (C=O) groups is 1. The minimum Gasteiger partial charge on any atom is -0.368 e. The zero-order valence-corrected chi connectivity index (χ0v) is 13.2. The van der Waals surface area contributed by atoms with Gasteiger partial charge in [-0.1, -0.05) is 32.4 Å². The Morgan fingerprint density at radius 1 is 1.36 bits per heavy atom. The van der Waals surface area contributed by atoms with Crippen LogP contribution in [-0.2, 0) is 0 Å². The van der Waals surface area contributed by atoms with Crippen molar-refractivity contribution in [2.45, 2.75) is 39.3 Å². The molecular formula is C15H17ClF2N2O2. The maximum Gasteiger partial charge on any atom is 0.278 e. The van der Waals surface area contributed by atoms with Gasteiger partial charge in [0.2, 0.25) is 0 Å². The SMILES string of the molecule is CC(C)(C)C1(O)CC(C(F)F)=NN1C(=O)c1ccc(Cl)cc1. The van der Waals surface area contributed by atoms with Crippen LogP contribution in [-0.4, -0.2) is 33.9 Å². The van der Waals surface area contributed by atoms with Crippen molar-refractivity contribution in [2.24, 2.45) is 10.5 Å². The summed E-state index contributed by atoms with van der Waals surface area (Å²) in [4.78, 5) is 12.6. The van der Waals surface area contributed by atoms with Crippen molar-refractivity contribution in [3.63, 3.8) is 0 Å². The van der Waals surface area contributed by atoms with Crippen molar-refractivity contribution >= 4 is 23.2 Å². The number of aliphatic hydroxyl groups is 1. The van der Waals surface area contributed by atoms with E-state index in [9.17, 15) is 18.7 Å². The predicted molar refractivity (Wildman–Crippen MR) is 80.1 cm³/mol. The van der Waals surface area contributed by atoms with Gasteiger partial charge in [-0.15, -0.1) is 0 Å². The normalized spacial score (nSPS) is 22.2. The Kier molecular flexibility index (Phi) is 4.28. The van der Waals surface area contributed by atoms with Crippen LogP contribution in [0, 0.1) is 5.41 Å². The molecule has 120 valence electrons. The predicted octanol–water partition coefficient (Wildman–Crippen LogP) is 3.54. The van der Waals surface area contributed by atoms with Crippen LogP contribution in [0.1, 0.15) is 37.6 Å². The number of amides is 1. The van der Waals surface area contributed by atoms with E-state index in [-0.39, 0.29) is 12.0 Å². The quantitative estimate of drug-likeness (QED) is 0.901. The van der Waals surface area contributed by atoms with E-state index in [0.29, 0.717) is 5.02 Å². The van der Waals surface area contributed by atoms with Crippen LogP contribution in [0.3, 0.4) is 0 Å². The highest BCUT2D eigenvalue weighted by atomic mass is 35.5. The number of halogens is 3. The molecule has 0 aromatic heterocycles. The lowest BCUT2D eigenvalue weighted by Crippen LogP contribution is -2.55. The molecule has 1 aromatic rings. The van der Waals surface area contributed by atoms with E-state index in [2.05, 4.69) is 5.10 Å². The molecule has 0 saturated carbocycles. The number of hydrogen-bond acceptors (Lipinski definition) is 3. The smallest absolute Gasteiger partial charge is 0.278 e. The average molecular weight is 331 g/mol. The molecule has 1 aliphatic heterocycles. The number of alkyl halides is 2. The molecule has 2 rings (SSSR count). The Balaban J connectivity index is 2.43.